The molecule has 1 fully saturated rings. The molecular formula is C30H30O14. The second kappa shape index (κ2) is 13.9. The topological polar surface area (TPSA) is 172 Å². The van der Waals surface area contributed by atoms with Crippen molar-refractivity contribution in [2.75, 3.05) is 13.7 Å². The molecule has 14 nitrogen and oxygen atoms in total. The van der Waals surface area contributed by atoms with Crippen molar-refractivity contribution in [3.8, 4) is 23.0 Å². The zero-order valence-corrected chi connectivity index (χ0v) is 24.4. The Labute approximate surface area is 250 Å². The van der Waals surface area contributed by atoms with Crippen molar-refractivity contribution >= 4 is 34.8 Å². The molecule has 0 spiro atoms. The molecule has 0 amide bonds. The number of ether oxygens (including phenoxy) is 8. The highest BCUT2D eigenvalue weighted by atomic mass is 16.7. The van der Waals surface area contributed by atoms with Crippen LogP contribution in [0.3, 0.4) is 0 Å². The lowest BCUT2D eigenvalue weighted by molar-refractivity contribution is -0.288. The Hall–Kier alpha value is -5.11. The fourth-order valence-electron chi connectivity index (χ4n) is 4.42. The third-order valence-electron chi connectivity index (χ3n) is 6.20. The summed E-state index contributed by atoms with van der Waals surface area (Å²) in [6.07, 6.45) is -5.68. The molecule has 0 unspecified atom stereocenters. The van der Waals surface area contributed by atoms with E-state index in [0.29, 0.717) is 11.5 Å². The van der Waals surface area contributed by atoms with Crippen molar-refractivity contribution < 1.29 is 61.5 Å². The number of hydrogen-bond donors (Lipinski definition) is 0. The van der Waals surface area contributed by atoms with Crippen LogP contribution in [0, 0.1) is 0 Å². The summed E-state index contributed by atoms with van der Waals surface area (Å²) in [7, 11) is 1.53. The van der Waals surface area contributed by atoms with Gasteiger partial charge in [0.1, 0.15) is 41.8 Å². The molecule has 0 saturated carbocycles. The van der Waals surface area contributed by atoms with Crippen LogP contribution in [0.5, 0.6) is 23.0 Å². The molecule has 3 aromatic rings. The third kappa shape index (κ3) is 7.83. The lowest BCUT2D eigenvalue weighted by Crippen LogP contribution is -2.63. The maximum atomic E-state index is 13.1. The number of rotatable bonds is 10. The van der Waals surface area contributed by atoms with Crippen LogP contribution in [0.15, 0.2) is 57.9 Å². The zero-order chi connectivity index (χ0) is 32.0. The average Bonchev–Trinajstić information content (AvgIpc) is 2.96. The van der Waals surface area contributed by atoms with E-state index >= 15 is 0 Å². The van der Waals surface area contributed by atoms with Gasteiger partial charge in [0.05, 0.1) is 12.5 Å². The lowest BCUT2D eigenvalue weighted by atomic mass is 9.98. The van der Waals surface area contributed by atoms with Crippen LogP contribution in [0.2, 0.25) is 0 Å². The highest BCUT2D eigenvalue weighted by molar-refractivity contribution is 5.79. The van der Waals surface area contributed by atoms with Crippen molar-refractivity contribution in [1.82, 2.24) is 0 Å². The lowest BCUT2D eigenvalue weighted by Gasteiger charge is -2.43. The molecule has 44 heavy (non-hydrogen) atoms. The van der Waals surface area contributed by atoms with Gasteiger partial charge in [0.25, 0.3) is 0 Å². The third-order valence-corrected chi connectivity index (χ3v) is 6.20. The SMILES string of the molecule is COc1ccc(Oc2coc3cc(O[C@H]4O[C@@H](COC(C)=O)[C@H](OC(C)=O)[C@@H](OC(C)=O)[C@@H]4OC(C)=O)ccc3c2=O)cc1. The van der Waals surface area contributed by atoms with Crippen LogP contribution in [0.4, 0.5) is 0 Å². The van der Waals surface area contributed by atoms with Gasteiger partial charge in [0.2, 0.25) is 23.6 Å². The van der Waals surface area contributed by atoms with E-state index in [1.807, 2.05) is 0 Å². The van der Waals surface area contributed by atoms with Gasteiger partial charge in [0, 0.05) is 33.8 Å². The first-order valence-corrected chi connectivity index (χ1v) is 13.3. The summed E-state index contributed by atoms with van der Waals surface area (Å²) in [5.74, 6) is -1.92. The number of fused-ring (bicyclic) bond motifs is 1. The van der Waals surface area contributed by atoms with Crippen LogP contribution in [-0.2, 0) is 42.9 Å². The highest BCUT2D eigenvalue weighted by Crippen LogP contribution is 2.32. The first kappa shape index (κ1) is 31.8. The summed E-state index contributed by atoms with van der Waals surface area (Å²) >= 11 is 0. The van der Waals surface area contributed by atoms with E-state index in [4.69, 9.17) is 42.3 Å². The minimum atomic E-state index is -1.46. The molecule has 0 radical (unpaired) electrons. The van der Waals surface area contributed by atoms with E-state index in [0.717, 1.165) is 27.0 Å². The number of benzene rings is 2. The molecule has 4 rings (SSSR count). The van der Waals surface area contributed by atoms with Crippen molar-refractivity contribution in [2.24, 2.45) is 0 Å². The molecule has 1 aromatic heterocycles. The second-order valence-electron chi connectivity index (χ2n) is 9.55. The van der Waals surface area contributed by atoms with E-state index in [1.54, 1.807) is 24.3 Å². The fourth-order valence-corrected chi connectivity index (χ4v) is 4.42. The minimum Gasteiger partial charge on any atom is -0.497 e. The molecule has 234 valence electrons. The van der Waals surface area contributed by atoms with Gasteiger partial charge in [-0.3, -0.25) is 24.0 Å². The fraction of sp³-hybridized carbons (Fsp3) is 0.367. The molecule has 1 saturated heterocycles. The number of esters is 4. The molecule has 0 N–H and O–H groups in total. The molecule has 0 aliphatic carbocycles. The van der Waals surface area contributed by atoms with Gasteiger partial charge >= 0.3 is 23.9 Å². The molecule has 0 bridgehead atoms. The van der Waals surface area contributed by atoms with Crippen LogP contribution in [-0.4, -0.2) is 68.3 Å². The largest absolute Gasteiger partial charge is 0.497 e. The van der Waals surface area contributed by atoms with Crippen LogP contribution in [0.1, 0.15) is 27.7 Å². The smallest absolute Gasteiger partial charge is 0.303 e. The number of carbonyl (C=O) groups is 4. The van der Waals surface area contributed by atoms with Gasteiger partial charge in [-0.15, -0.1) is 0 Å². The summed E-state index contributed by atoms with van der Waals surface area (Å²) < 4.78 is 49.6. The average molecular weight is 615 g/mol. The number of hydrogen-bond acceptors (Lipinski definition) is 14. The molecule has 14 heteroatoms. The maximum absolute atomic E-state index is 13.1. The van der Waals surface area contributed by atoms with Crippen LogP contribution < -0.4 is 19.6 Å². The number of carbonyl (C=O) groups excluding carboxylic acids is 4. The Balaban J connectivity index is 1.65. The molecule has 2 heterocycles. The Bertz CT molecular complexity index is 1580. The van der Waals surface area contributed by atoms with E-state index < -0.39 is 66.6 Å². The summed E-state index contributed by atoms with van der Waals surface area (Å²) in [4.78, 5) is 60.7. The van der Waals surface area contributed by atoms with E-state index in [-0.39, 0.29) is 22.5 Å². The predicted molar refractivity (Wildman–Crippen MR) is 148 cm³/mol. The maximum Gasteiger partial charge on any atom is 0.303 e. The minimum absolute atomic E-state index is 0.0593. The van der Waals surface area contributed by atoms with Crippen molar-refractivity contribution in [1.29, 1.82) is 0 Å². The normalized spacial score (nSPS) is 21.1. The Morgan fingerprint density at radius 3 is 1.95 bits per heavy atom. The Morgan fingerprint density at radius 1 is 0.750 bits per heavy atom. The van der Waals surface area contributed by atoms with E-state index in [1.165, 1.54) is 32.2 Å². The summed E-state index contributed by atoms with van der Waals surface area (Å²) in [5, 5.41) is 0.171. The van der Waals surface area contributed by atoms with Crippen molar-refractivity contribution in [3.05, 3.63) is 59.0 Å². The van der Waals surface area contributed by atoms with Crippen LogP contribution in [0.25, 0.3) is 11.0 Å². The van der Waals surface area contributed by atoms with Gasteiger partial charge in [-0.1, -0.05) is 0 Å². The van der Waals surface area contributed by atoms with Crippen molar-refractivity contribution in [3.63, 3.8) is 0 Å². The molecule has 5 atom stereocenters. The van der Waals surface area contributed by atoms with Gasteiger partial charge in [0.15, 0.2) is 12.2 Å². The molecule has 1 aliphatic rings. The zero-order valence-electron chi connectivity index (χ0n) is 24.4. The van der Waals surface area contributed by atoms with Crippen LogP contribution >= 0.6 is 0 Å². The Kier molecular flexibility index (Phi) is 10.1. The number of methoxy groups -OCH3 is 1. The second-order valence-corrected chi connectivity index (χ2v) is 9.55. The molecule has 2 aromatic carbocycles. The monoisotopic (exact) mass is 614 g/mol. The summed E-state index contributed by atoms with van der Waals surface area (Å²) in [6, 6.07) is 10.9. The van der Waals surface area contributed by atoms with Gasteiger partial charge in [-0.2, -0.15) is 0 Å². The van der Waals surface area contributed by atoms with Gasteiger partial charge in [-0.25, -0.2) is 0 Å². The first-order chi connectivity index (χ1) is 20.9. The molecular weight excluding hydrogens is 584 g/mol. The molecule has 1 aliphatic heterocycles. The van der Waals surface area contributed by atoms with E-state index in [2.05, 4.69) is 0 Å². The van der Waals surface area contributed by atoms with E-state index in [9.17, 15) is 24.0 Å². The summed E-state index contributed by atoms with van der Waals surface area (Å²) in [5.41, 5.74) is -0.332. The quantitative estimate of drug-likeness (QED) is 0.241. The standard InChI is InChI=1S/C30H30O14/c1-15(31)37-14-25-27(39-16(2)32)28(40-17(3)33)29(41-18(4)34)30(44-25)43-21-10-11-22-23(12-21)38-13-24(26(22)35)42-20-8-6-19(36-5)7-9-20/h6-13,25,27-30H,14H2,1-5H3/t25-,27-,28+,29-,30-/m0/s1. The highest BCUT2D eigenvalue weighted by Gasteiger charge is 2.53. The Morgan fingerprint density at radius 2 is 1.34 bits per heavy atom. The van der Waals surface area contributed by atoms with Gasteiger partial charge in [-0.05, 0) is 36.4 Å². The summed E-state index contributed by atoms with van der Waals surface area (Å²) in [6.45, 7) is 4.10. The van der Waals surface area contributed by atoms with Gasteiger partial charge < -0.3 is 42.3 Å². The van der Waals surface area contributed by atoms with Crippen molar-refractivity contribution in [2.45, 2.75) is 58.4 Å². The predicted octanol–water partition coefficient (Wildman–Crippen LogP) is 3.06. The first-order valence-electron chi connectivity index (χ1n) is 13.3.